The lowest BCUT2D eigenvalue weighted by Gasteiger charge is -2.14. The molecule has 1 heterocycles. The number of halogens is 4. The summed E-state index contributed by atoms with van der Waals surface area (Å²) in [7, 11) is 0. The molecule has 1 rings (SSSR count). The van der Waals surface area contributed by atoms with Gasteiger partial charge < -0.3 is 14.5 Å². The number of hydrogen-bond acceptors (Lipinski definition) is 4. The molecule has 0 fully saturated rings. The number of alkyl halides is 4. The highest BCUT2D eigenvalue weighted by Crippen LogP contribution is 2.29. The zero-order chi connectivity index (χ0) is 14.6. The van der Waals surface area contributed by atoms with Gasteiger partial charge in [-0.15, -0.1) is 13.2 Å². The summed E-state index contributed by atoms with van der Waals surface area (Å²) < 4.78 is 57.2. The molecule has 0 amide bonds. The van der Waals surface area contributed by atoms with Crippen molar-refractivity contribution < 1.29 is 31.8 Å². The number of carbonyl (C=O) groups excluding carboxylic acids is 1. The van der Waals surface area contributed by atoms with Crippen molar-refractivity contribution in [3.05, 3.63) is 27.7 Å². The van der Waals surface area contributed by atoms with Crippen LogP contribution in [0.1, 0.15) is 22.8 Å². The number of nitrogens with one attached hydrogen (secondary N) is 1. The highest BCUT2D eigenvalue weighted by atomic mass is 19.4. The van der Waals surface area contributed by atoms with E-state index < -0.39 is 41.4 Å². The molecule has 1 aromatic rings. The quantitative estimate of drug-likeness (QED) is 0.677. The molecule has 0 aromatic carbocycles. The lowest BCUT2D eigenvalue weighted by Crippen LogP contribution is -2.26. The number of hydrogen-bond donors (Lipinski definition) is 1. The number of carbonyl (C=O) groups is 1. The van der Waals surface area contributed by atoms with Crippen LogP contribution >= 0.6 is 0 Å². The van der Waals surface area contributed by atoms with Gasteiger partial charge in [-0.1, -0.05) is 0 Å². The van der Waals surface area contributed by atoms with Crippen molar-refractivity contribution in [2.45, 2.75) is 20.0 Å². The first-order valence-corrected chi connectivity index (χ1v) is 5.03. The van der Waals surface area contributed by atoms with E-state index in [0.29, 0.717) is 6.20 Å². The van der Waals surface area contributed by atoms with Crippen molar-refractivity contribution in [2.24, 2.45) is 0 Å². The van der Waals surface area contributed by atoms with Crippen LogP contribution in [0.5, 0.6) is 5.75 Å². The normalized spacial score (nSPS) is 11.2. The van der Waals surface area contributed by atoms with Crippen LogP contribution in [0.25, 0.3) is 0 Å². The monoisotopic (exact) mass is 283 g/mol. The minimum Gasteiger partial charge on any atom is -0.462 e. The standard InChI is InChI=1S/C10H9F4NO4/c1-2-18-9(17)6-7(19-10(12,13)14)5(3-11)4-15-8(6)16/h4H,2-3H2,1H3,(H,15,16). The SMILES string of the molecule is CCOC(=O)c1c(OC(F)(F)F)c(CF)c[nH]c1=O. The summed E-state index contributed by atoms with van der Waals surface area (Å²) >= 11 is 0. The molecule has 5 nitrogen and oxygen atoms in total. The molecule has 9 heteroatoms. The van der Waals surface area contributed by atoms with Crippen molar-refractivity contribution in [3.63, 3.8) is 0 Å². The molecule has 106 valence electrons. The highest BCUT2D eigenvalue weighted by molar-refractivity contribution is 5.92. The van der Waals surface area contributed by atoms with Crippen LogP contribution in [0.15, 0.2) is 11.0 Å². The summed E-state index contributed by atoms with van der Waals surface area (Å²) in [6.07, 6.45) is -4.47. The van der Waals surface area contributed by atoms with Crippen LogP contribution in [0.3, 0.4) is 0 Å². The number of H-pyrrole nitrogens is 1. The largest absolute Gasteiger partial charge is 0.573 e. The number of aromatic nitrogens is 1. The molecule has 0 radical (unpaired) electrons. The summed E-state index contributed by atoms with van der Waals surface area (Å²) in [5, 5.41) is 0. The van der Waals surface area contributed by atoms with Crippen LogP contribution in [0.4, 0.5) is 17.6 Å². The van der Waals surface area contributed by atoms with E-state index in [2.05, 4.69) is 9.47 Å². The van der Waals surface area contributed by atoms with Crippen LogP contribution in [0.2, 0.25) is 0 Å². The smallest absolute Gasteiger partial charge is 0.462 e. The van der Waals surface area contributed by atoms with Gasteiger partial charge in [0.15, 0.2) is 11.3 Å². The molecule has 0 unspecified atom stereocenters. The van der Waals surface area contributed by atoms with Crippen molar-refractivity contribution >= 4 is 5.97 Å². The van der Waals surface area contributed by atoms with E-state index >= 15 is 0 Å². The van der Waals surface area contributed by atoms with Gasteiger partial charge in [-0.3, -0.25) is 4.79 Å². The fourth-order valence-electron chi connectivity index (χ4n) is 1.27. The van der Waals surface area contributed by atoms with Crippen molar-refractivity contribution in [2.75, 3.05) is 6.61 Å². The molecule has 0 spiro atoms. The van der Waals surface area contributed by atoms with E-state index in [-0.39, 0.29) is 6.61 Å². The predicted molar refractivity (Wildman–Crippen MR) is 54.5 cm³/mol. The van der Waals surface area contributed by atoms with Gasteiger partial charge in [-0.05, 0) is 6.92 Å². The van der Waals surface area contributed by atoms with Gasteiger partial charge in [0.25, 0.3) is 5.56 Å². The second-order valence-corrected chi connectivity index (χ2v) is 3.25. The van der Waals surface area contributed by atoms with Crippen LogP contribution < -0.4 is 10.3 Å². The molecule has 0 aliphatic heterocycles. The highest BCUT2D eigenvalue weighted by Gasteiger charge is 2.35. The third kappa shape index (κ3) is 3.70. The number of ether oxygens (including phenoxy) is 2. The maximum absolute atomic E-state index is 12.6. The predicted octanol–water partition coefficient (Wildman–Crippen LogP) is 1.92. The molecular formula is C10H9F4NO4. The van der Waals surface area contributed by atoms with Gasteiger partial charge in [0, 0.05) is 11.8 Å². The Kier molecular flexibility index (Phi) is 4.52. The first kappa shape index (κ1) is 15.0. The molecular weight excluding hydrogens is 274 g/mol. The van der Waals surface area contributed by atoms with Gasteiger partial charge in [0.05, 0.1) is 6.61 Å². The lowest BCUT2D eigenvalue weighted by molar-refractivity contribution is -0.275. The zero-order valence-electron chi connectivity index (χ0n) is 9.64. The zero-order valence-corrected chi connectivity index (χ0v) is 9.64. The maximum atomic E-state index is 12.6. The first-order valence-electron chi connectivity index (χ1n) is 5.03. The number of esters is 1. The Bertz CT molecular complexity index is 523. The molecule has 1 aromatic heterocycles. The lowest BCUT2D eigenvalue weighted by atomic mass is 10.2. The third-order valence-electron chi connectivity index (χ3n) is 1.96. The van der Waals surface area contributed by atoms with Gasteiger partial charge in [0.1, 0.15) is 6.67 Å². The van der Waals surface area contributed by atoms with Crippen LogP contribution in [0, 0.1) is 0 Å². The number of pyridine rings is 1. The van der Waals surface area contributed by atoms with E-state index in [1.165, 1.54) is 6.92 Å². The second-order valence-electron chi connectivity index (χ2n) is 3.25. The summed E-state index contributed by atoms with van der Waals surface area (Å²) in [5.41, 5.74) is -2.79. The fraction of sp³-hybridized carbons (Fsp3) is 0.400. The minimum atomic E-state index is -5.17. The van der Waals surface area contributed by atoms with E-state index in [0.717, 1.165) is 0 Å². The summed E-state index contributed by atoms with van der Waals surface area (Å²) in [6.45, 7) is -0.117. The van der Waals surface area contributed by atoms with E-state index in [4.69, 9.17) is 0 Å². The van der Waals surface area contributed by atoms with Gasteiger partial charge in [0.2, 0.25) is 0 Å². The Morgan fingerprint density at radius 1 is 1.42 bits per heavy atom. The Morgan fingerprint density at radius 2 is 2.05 bits per heavy atom. The second kappa shape index (κ2) is 5.72. The summed E-state index contributed by atoms with van der Waals surface area (Å²) in [5.74, 6) is -2.50. The minimum absolute atomic E-state index is 0.163. The van der Waals surface area contributed by atoms with Gasteiger partial charge >= 0.3 is 12.3 Å². The average molecular weight is 283 g/mol. The van der Waals surface area contributed by atoms with Crippen LogP contribution in [-0.2, 0) is 11.4 Å². The molecule has 0 aliphatic rings. The molecule has 1 N–H and O–H groups in total. The molecule has 19 heavy (non-hydrogen) atoms. The molecule has 0 atom stereocenters. The molecule has 0 saturated heterocycles. The third-order valence-corrected chi connectivity index (χ3v) is 1.96. The fourth-order valence-corrected chi connectivity index (χ4v) is 1.27. The van der Waals surface area contributed by atoms with Crippen LogP contribution in [-0.4, -0.2) is 23.9 Å². The van der Waals surface area contributed by atoms with Crippen molar-refractivity contribution in [1.29, 1.82) is 0 Å². The van der Waals surface area contributed by atoms with Gasteiger partial charge in [-0.2, -0.15) is 0 Å². The Morgan fingerprint density at radius 3 is 2.53 bits per heavy atom. The molecule has 0 bridgehead atoms. The van der Waals surface area contributed by atoms with E-state index in [9.17, 15) is 27.2 Å². The summed E-state index contributed by atoms with van der Waals surface area (Å²) in [4.78, 5) is 24.8. The number of aromatic amines is 1. The Labute approximate surface area is 104 Å². The Hall–Kier alpha value is -2.06. The summed E-state index contributed by atoms with van der Waals surface area (Å²) in [6, 6.07) is 0. The van der Waals surface area contributed by atoms with E-state index in [1.54, 1.807) is 0 Å². The number of rotatable bonds is 4. The average Bonchev–Trinajstić information content (AvgIpc) is 2.27. The topological polar surface area (TPSA) is 68.4 Å². The van der Waals surface area contributed by atoms with Crippen molar-refractivity contribution in [3.8, 4) is 5.75 Å². The van der Waals surface area contributed by atoms with E-state index in [1.807, 2.05) is 4.98 Å². The van der Waals surface area contributed by atoms with Crippen molar-refractivity contribution in [1.82, 2.24) is 4.98 Å². The van der Waals surface area contributed by atoms with Gasteiger partial charge in [-0.25, -0.2) is 9.18 Å². The first-order chi connectivity index (χ1) is 8.80. The maximum Gasteiger partial charge on any atom is 0.573 e. The molecule has 0 aliphatic carbocycles. The molecule has 0 saturated carbocycles. The Balaban J connectivity index is 3.41.